The quantitative estimate of drug-likeness (QED) is 0.708. The molecule has 0 atom stereocenters. The molecule has 28 heavy (non-hydrogen) atoms. The lowest BCUT2D eigenvalue weighted by atomic mass is 10.2. The van der Waals surface area contributed by atoms with Gasteiger partial charge in [-0.05, 0) is 54.6 Å². The average molecular weight is 379 g/mol. The van der Waals surface area contributed by atoms with Crippen LogP contribution >= 0.6 is 0 Å². The van der Waals surface area contributed by atoms with Crippen LogP contribution in [0.5, 0.6) is 0 Å². The second kappa shape index (κ2) is 6.66. The third-order valence-electron chi connectivity index (χ3n) is 4.21. The highest BCUT2D eigenvalue weighted by Gasteiger charge is 2.37. The zero-order valence-electron chi connectivity index (χ0n) is 14.1. The molecule has 8 heteroatoms. The van der Waals surface area contributed by atoms with Crippen molar-refractivity contribution in [3.05, 3.63) is 89.2 Å². The third kappa shape index (κ3) is 2.90. The summed E-state index contributed by atoms with van der Waals surface area (Å²) in [4.78, 5) is 42.0. The molecule has 0 radical (unpaired) electrons. The van der Waals surface area contributed by atoms with Gasteiger partial charge < -0.3 is 5.32 Å². The molecule has 1 aliphatic heterocycles. The lowest BCUT2D eigenvalue weighted by Gasteiger charge is -2.14. The Morgan fingerprint density at radius 3 is 2.36 bits per heavy atom. The number of imide groups is 1. The first-order chi connectivity index (χ1) is 13.5. The SMILES string of the molecule is O=C(Nc1ccc(N2C(=O)c3cccnc3C2=O)cc1)c1ccc(F)c(F)c1. The van der Waals surface area contributed by atoms with Gasteiger partial charge in [0.15, 0.2) is 11.6 Å². The number of pyridine rings is 1. The standard InChI is InChI=1S/C20H11F2N3O3/c21-15-8-3-11(10-16(15)22)18(26)24-12-4-6-13(7-5-12)25-19(27)14-2-1-9-23-17(14)20(25)28/h1-10H,(H,24,26). The topological polar surface area (TPSA) is 79.4 Å². The van der Waals surface area contributed by atoms with Crippen LogP contribution in [0, 0.1) is 11.6 Å². The van der Waals surface area contributed by atoms with Crippen molar-refractivity contribution in [2.24, 2.45) is 0 Å². The van der Waals surface area contributed by atoms with Gasteiger partial charge in [0.2, 0.25) is 0 Å². The van der Waals surface area contributed by atoms with E-state index in [9.17, 15) is 23.2 Å². The minimum absolute atomic E-state index is 0.0469. The molecule has 0 saturated heterocycles. The summed E-state index contributed by atoms with van der Waals surface area (Å²) in [7, 11) is 0. The van der Waals surface area contributed by atoms with Crippen LogP contribution in [0.15, 0.2) is 60.8 Å². The monoisotopic (exact) mass is 379 g/mol. The van der Waals surface area contributed by atoms with Gasteiger partial charge in [-0.2, -0.15) is 0 Å². The van der Waals surface area contributed by atoms with E-state index in [-0.39, 0.29) is 16.8 Å². The van der Waals surface area contributed by atoms with Gasteiger partial charge in [-0.15, -0.1) is 0 Å². The van der Waals surface area contributed by atoms with Crippen LogP contribution in [0.1, 0.15) is 31.2 Å². The van der Waals surface area contributed by atoms with Crippen molar-refractivity contribution in [3.63, 3.8) is 0 Å². The highest BCUT2D eigenvalue weighted by atomic mass is 19.2. The largest absolute Gasteiger partial charge is 0.322 e. The van der Waals surface area contributed by atoms with E-state index in [1.165, 1.54) is 36.5 Å². The number of hydrogen-bond donors (Lipinski definition) is 1. The van der Waals surface area contributed by atoms with E-state index in [0.29, 0.717) is 11.4 Å². The minimum Gasteiger partial charge on any atom is -0.322 e. The Morgan fingerprint density at radius 1 is 0.929 bits per heavy atom. The van der Waals surface area contributed by atoms with Gasteiger partial charge >= 0.3 is 0 Å². The normalized spacial score (nSPS) is 12.9. The molecule has 138 valence electrons. The Balaban J connectivity index is 1.53. The predicted octanol–water partition coefficient (Wildman–Crippen LogP) is 3.41. The van der Waals surface area contributed by atoms with Crippen molar-refractivity contribution < 1.29 is 23.2 Å². The highest BCUT2D eigenvalue weighted by molar-refractivity contribution is 6.33. The average Bonchev–Trinajstić information content (AvgIpc) is 2.95. The first-order valence-corrected chi connectivity index (χ1v) is 8.16. The molecule has 0 bridgehead atoms. The number of benzene rings is 2. The Bertz CT molecular complexity index is 1090. The number of halogens is 2. The zero-order chi connectivity index (χ0) is 19.8. The molecule has 1 aliphatic rings. The van der Waals surface area contributed by atoms with Crippen molar-refractivity contribution in [3.8, 4) is 0 Å². The third-order valence-corrected chi connectivity index (χ3v) is 4.21. The van der Waals surface area contributed by atoms with Crippen molar-refractivity contribution in [1.82, 2.24) is 4.98 Å². The smallest absolute Gasteiger partial charge is 0.284 e. The van der Waals surface area contributed by atoms with Crippen LogP contribution in [-0.2, 0) is 0 Å². The van der Waals surface area contributed by atoms with Gasteiger partial charge in [-0.25, -0.2) is 13.7 Å². The van der Waals surface area contributed by atoms with Crippen LogP contribution in [0.25, 0.3) is 0 Å². The Morgan fingerprint density at radius 2 is 1.68 bits per heavy atom. The van der Waals surface area contributed by atoms with Crippen LogP contribution < -0.4 is 10.2 Å². The Labute approximate surface area is 157 Å². The van der Waals surface area contributed by atoms with Crippen molar-refractivity contribution in [2.45, 2.75) is 0 Å². The summed E-state index contributed by atoms with van der Waals surface area (Å²) in [5.41, 5.74) is 0.938. The molecule has 0 spiro atoms. The van der Waals surface area contributed by atoms with Crippen LogP contribution in [0.3, 0.4) is 0 Å². The van der Waals surface area contributed by atoms with Crippen molar-refractivity contribution in [2.75, 3.05) is 10.2 Å². The number of aromatic nitrogens is 1. The Kier molecular flexibility index (Phi) is 4.15. The van der Waals surface area contributed by atoms with Gasteiger partial charge in [-0.1, -0.05) is 0 Å². The van der Waals surface area contributed by atoms with E-state index < -0.39 is 29.4 Å². The number of fused-ring (bicyclic) bond motifs is 1. The molecule has 0 fully saturated rings. The molecule has 6 nitrogen and oxygen atoms in total. The summed E-state index contributed by atoms with van der Waals surface area (Å²) >= 11 is 0. The lowest BCUT2D eigenvalue weighted by molar-refractivity contribution is 0.0923. The number of carbonyl (C=O) groups is 3. The van der Waals surface area contributed by atoms with E-state index in [4.69, 9.17) is 0 Å². The first-order valence-electron chi connectivity index (χ1n) is 8.16. The molecular formula is C20H11F2N3O3. The fraction of sp³-hybridized carbons (Fsp3) is 0. The molecule has 1 aromatic heterocycles. The van der Waals surface area contributed by atoms with E-state index in [1.54, 1.807) is 6.07 Å². The fourth-order valence-corrected chi connectivity index (χ4v) is 2.84. The number of hydrogen-bond acceptors (Lipinski definition) is 4. The number of nitrogens with one attached hydrogen (secondary N) is 1. The summed E-state index contributed by atoms with van der Waals surface area (Å²) in [6.45, 7) is 0. The molecular weight excluding hydrogens is 368 g/mol. The molecule has 4 rings (SSSR count). The molecule has 3 aromatic rings. The molecule has 3 amide bonds. The van der Waals surface area contributed by atoms with Crippen LogP contribution in [0.2, 0.25) is 0 Å². The molecule has 2 aromatic carbocycles. The number of anilines is 2. The predicted molar refractivity (Wildman–Crippen MR) is 96.1 cm³/mol. The van der Waals surface area contributed by atoms with Crippen LogP contribution in [-0.4, -0.2) is 22.7 Å². The molecule has 0 unspecified atom stereocenters. The van der Waals surface area contributed by atoms with Gasteiger partial charge in [0.05, 0.1) is 11.3 Å². The maximum absolute atomic E-state index is 13.3. The molecule has 0 aliphatic carbocycles. The fourth-order valence-electron chi connectivity index (χ4n) is 2.84. The van der Waals surface area contributed by atoms with E-state index in [0.717, 1.165) is 23.1 Å². The molecule has 0 saturated carbocycles. The number of amides is 3. The lowest BCUT2D eigenvalue weighted by Crippen LogP contribution is -2.29. The van der Waals surface area contributed by atoms with E-state index in [2.05, 4.69) is 10.3 Å². The zero-order valence-corrected chi connectivity index (χ0v) is 14.1. The molecule has 2 heterocycles. The maximum Gasteiger partial charge on any atom is 0.284 e. The number of carbonyl (C=O) groups excluding carboxylic acids is 3. The van der Waals surface area contributed by atoms with Gasteiger partial charge in [0.25, 0.3) is 17.7 Å². The van der Waals surface area contributed by atoms with E-state index >= 15 is 0 Å². The van der Waals surface area contributed by atoms with E-state index in [1.807, 2.05) is 0 Å². The first kappa shape index (κ1) is 17.5. The summed E-state index contributed by atoms with van der Waals surface area (Å²) < 4.78 is 26.2. The minimum atomic E-state index is -1.12. The highest BCUT2D eigenvalue weighted by Crippen LogP contribution is 2.28. The summed E-state index contributed by atoms with van der Waals surface area (Å²) in [5.74, 6) is -3.80. The second-order valence-electron chi connectivity index (χ2n) is 5.98. The molecule has 1 N–H and O–H groups in total. The summed E-state index contributed by atoms with van der Waals surface area (Å²) in [5, 5.41) is 2.53. The van der Waals surface area contributed by atoms with Crippen molar-refractivity contribution >= 4 is 29.1 Å². The van der Waals surface area contributed by atoms with Gasteiger partial charge in [0, 0.05) is 17.4 Å². The summed E-state index contributed by atoms with van der Waals surface area (Å²) in [6, 6.07) is 11.9. The number of nitrogens with zero attached hydrogens (tertiary/aromatic N) is 2. The van der Waals surface area contributed by atoms with Gasteiger partial charge in [0.1, 0.15) is 5.69 Å². The van der Waals surface area contributed by atoms with Crippen molar-refractivity contribution in [1.29, 1.82) is 0 Å². The van der Waals surface area contributed by atoms with Gasteiger partial charge in [-0.3, -0.25) is 19.4 Å². The van der Waals surface area contributed by atoms with Crippen LogP contribution in [0.4, 0.5) is 20.2 Å². The maximum atomic E-state index is 13.3. The number of rotatable bonds is 3. The second-order valence-corrected chi connectivity index (χ2v) is 5.98. The Hall–Kier alpha value is -3.94. The summed E-state index contributed by atoms with van der Waals surface area (Å²) in [6.07, 6.45) is 1.43.